The molecule has 1 fully saturated rings. The maximum absolute atomic E-state index is 13.4. The third kappa shape index (κ3) is 8.77. The van der Waals surface area contributed by atoms with Crippen LogP contribution in [0.1, 0.15) is 41.1 Å². The average molecular weight is 839 g/mol. The van der Waals surface area contributed by atoms with Gasteiger partial charge in [0.05, 0.1) is 55.7 Å². The molecule has 0 aliphatic carbocycles. The van der Waals surface area contributed by atoms with E-state index in [2.05, 4.69) is 19.9 Å². The van der Waals surface area contributed by atoms with Gasteiger partial charge in [-0.3, -0.25) is 51.6 Å². The van der Waals surface area contributed by atoms with Gasteiger partial charge in [0, 0.05) is 84.7 Å². The molecule has 1 unspecified atom stereocenters. The zero-order valence-corrected chi connectivity index (χ0v) is 33.7. The summed E-state index contributed by atoms with van der Waals surface area (Å²) < 4.78 is 7.40. The summed E-state index contributed by atoms with van der Waals surface area (Å²) in [6, 6.07) is 30.8. The van der Waals surface area contributed by atoms with Crippen molar-refractivity contribution in [2.24, 2.45) is 0 Å². The lowest BCUT2D eigenvalue weighted by molar-refractivity contribution is -0.119. The number of amides is 1. The Morgan fingerprint density at radius 2 is 1.03 bits per heavy atom. The van der Waals surface area contributed by atoms with Gasteiger partial charge in [-0.1, -0.05) is 36.4 Å². The SMILES string of the molecule is O=C1CCC(c2cc(=O)n(Cc3ccc(-n4cc(-c5cc(=O)n(Cc6ccc(-n7cnccc7=O)cc6)cn5)ccc4=O)cc3)cn2)CN1c1ccc(Cn2cnccc2=O)cc1. The van der Waals surface area contributed by atoms with Crippen molar-refractivity contribution < 1.29 is 4.79 Å². The fourth-order valence-electron chi connectivity index (χ4n) is 7.60. The van der Waals surface area contributed by atoms with Crippen LogP contribution in [0.2, 0.25) is 0 Å². The minimum absolute atomic E-state index is 0.00622. The highest BCUT2D eigenvalue weighted by atomic mass is 16.2. The molecule has 1 aliphatic heterocycles. The first-order valence-corrected chi connectivity index (χ1v) is 20.1. The molecule has 0 radical (unpaired) electrons. The zero-order chi connectivity index (χ0) is 43.5. The molecular formula is C47H38N10O6. The van der Waals surface area contributed by atoms with Crippen LogP contribution in [-0.2, 0) is 24.4 Å². The van der Waals surface area contributed by atoms with E-state index in [9.17, 15) is 28.8 Å². The Bertz CT molecular complexity index is 3280. The molecule has 3 aromatic carbocycles. The summed E-state index contributed by atoms with van der Waals surface area (Å²) in [5.41, 5.74) is 5.02. The van der Waals surface area contributed by atoms with Crippen LogP contribution >= 0.6 is 0 Å². The van der Waals surface area contributed by atoms with Crippen LogP contribution in [0.4, 0.5) is 5.69 Å². The quantitative estimate of drug-likeness (QED) is 0.186. The number of benzene rings is 3. The molecule has 16 heteroatoms. The predicted molar refractivity (Wildman–Crippen MR) is 234 cm³/mol. The molecule has 1 aliphatic rings. The maximum atomic E-state index is 13.4. The molecule has 63 heavy (non-hydrogen) atoms. The minimum atomic E-state index is -0.274. The summed E-state index contributed by atoms with van der Waals surface area (Å²) in [7, 11) is 0. The summed E-state index contributed by atoms with van der Waals surface area (Å²) in [6.07, 6.45) is 11.4. The number of piperidine rings is 1. The maximum Gasteiger partial charge on any atom is 0.257 e. The van der Waals surface area contributed by atoms with Gasteiger partial charge in [0.15, 0.2) is 0 Å². The molecule has 5 aromatic heterocycles. The van der Waals surface area contributed by atoms with E-state index in [0.29, 0.717) is 54.3 Å². The van der Waals surface area contributed by atoms with Crippen molar-refractivity contribution in [1.82, 2.24) is 42.8 Å². The summed E-state index contributed by atoms with van der Waals surface area (Å²) in [6.45, 7) is 1.27. The summed E-state index contributed by atoms with van der Waals surface area (Å²) >= 11 is 0. The highest BCUT2D eigenvalue weighted by Crippen LogP contribution is 2.30. The van der Waals surface area contributed by atoms with Gasteiger partial charge in [-0.15, -0.1) is 0 Å². The average Bonchev–Trinajstić information content (AvgIpc) is 3.30. The van der Waals surface area contributed by atoms with E-state index in [-0.39, 0.29) is 52.7 Å². The standard InChI is InChI=1S/C47H38N10O6/c58-42-17-19-48-28-52(42)23-32-1-9-37(10-2-32)55-26-35(7-15-43(55)59)40-21-46(62)53(30-50-40)24-33-3-11-38(12-4-33)56-27-36(8-16-44(56)60)41-22-47(63)54(31-51-41)25-34-5-13-39(14-6-34)57-29-49-20-18-45(57)61/h1-6,8-14,16-22,27-31,35H,7,15,23-26H2. The Kier molecular flexibility index (Phi) is 11.0. The number of carbonyl (C=O) groups is 1. The monoisotopic (exact) mass is 838 g/mol. The van der Waals surface area contributed by atoms with E-state index in [1.54, 1.807) is 41.4 Å². The first-order chi connectivity index (χ1) is 30.6. The number of nitrogens with zero attached hydrogens (tertiary/aromatic N) is 10. The van der Waals surface area contributed by atoms with Gasteiger partial charge in [0.25, 0.3) is 27.8 Å². The summed E-state index contributed by atoms with van der Waals surface area (Å²) in [5.74, 6) is -0.135. The topological polar surface area (TPSA) is 182 Å². The van der Waals surface area contributed by atoms with Gasteiger partial charge in [0.2, 0.25) is 5.91 Å². The van der Waals surface area contributed by atoms with Crippen molar-refractivity contribution >= 4 is 11.6 Å². The molecule has 1 atom stereocenters. The lowest BCUT2D eigenvalue weighted by Gasteiger charge is -2.32. The van der Waals surface area contributed by atoms with Crippen molar-refractivity contribution in [2.75, 3.05) is 11.4 Å². The predicted octanol–water partition coefficient (Wildman–Crippen LogP) is 3.78. The lowest BCUT2D eigenvalue weighted by Crippen LogP contribution is -2.39. The molecule has 0 N–H and O–H groups in total. The Balaban J connectivity index is 0.843. The first kappa shape index (κ1) is 40.0. The zero-order valence-electron chi connectivity index (χ0n) is 33.7. The number of carbonyl (C=O) groups excluding carboxylic acids is 1. The number of aromatic nitrogens is 9. The second-order valence-corrected chi connectivity index (χ2v) is 15.2. The molecule has 6 heterocycles. The largest absolute Gasteiger partial charge is 0.312 e. The van der Waals surface area contributed by atoms with Crippen molar-refractivity contribution in [1.29, 1.82) is 0 Å². The number of hydrogen-bond donors (Lipinski definition) is 0. The van der Waals surface area contributed by atoms with Gasteiger partial charge in [-0.2, -0.15) is 0 Å². The third-order valence-electron chi connectivity index (χ3n) is 11.1. The Hall–Kier alpha value is -8.40. The highest BCUT2D eigenvalue weighted by Gasteiger charge is 2.29. The van der Waals surface area contributed by atoms with Crippen LogP contribution in [0.5, 0.6) is 0 Å². The van der Waals surface area contributed by atoms with E-state index < -0.39 is 0 Å². The molecule has 1 amide bonds. The van der Waals surface area contributed by atoms with E-state index >= 15 is 0 Å². The van der Waals surface area contributed by atoms with Crippen LogP contribution in [0, 0.1) is 0 Å². The number of anilines is 1. The van der Waals surface area contributed by atoms with Gasteiger partial charge in [-0.25, -0.2) is 19.9 Å². The normalized spacial score (nSPS) is 13.9. The fraction of sp³-hybridized carbons (Fsp3) is 0.149. The molecule has 0 bridgehead atoms. The Morgan fingerprint density at radius 1 is 0.492 bits per heavy atom. The van der Waals surface area contributed by atoms with Gasteiger partial charge in [0.1, 0.15) is 6.33 Å². The van der Waals surface area contributed by atoms with Crippen molar-refractivity contribution in [3.05, 3.63) is 227 Å². The van der Waals surface area contributed by atoms with Crippen molar-refractivity contribution in [3.63, 3.8) is 0 Å². The number of pyridine rings is 1. The Labute approximate surface area is 358 Å². The number of hydrogen-bond acceptors (Lipinski definition) is 10. The van der Waals surface area contributed by atoms with Crippen LogP contribution in [0.3, 0.4) is 0 Å². The molecule has 8 aromatic rings. The smallest absolute Gasteiger partial charge is 0.257 e. The molecule has 1 saturated heterocycles. The number of rotatable bonds is 11. The second-order valence-electron chi connectivity index (χ2n) is 15.2. The third-order valence-corrected chi connectivity index (χ3v) is 11.1. The highest BCUT2D eigenvalue weighted by molar-refractivity contribution is 5.94. The van der Waals surface area contributed by atoms with Gasteiger partial charge in [-0.05, 0) is 65.6 Å². The van der Waals surface area contributed by atoms with E-state index in [1.165, 1.54) is 90.9 Å². The van der Waals surface area contributed by atoms with Crippen molar-refractivity contribution in [2.45, 2.75) is 38.4 Å². The minimum Gasteiger partial charge on any atom is -0.312 e. The van der Waals surface area contributed by atoms with E-state index in [4.69, 9.17) is 0 Å². The molecular weight excluding hydrogens is 801 g/mol. The van der Waals surface area contributed by atoms with Gasteiger partial charge < -0.3 is 4.90 Å². The van der Waals surface area contributed by atoms with Crippen LogP contribution in [0.15, 0.2) is 177 Å². The van der Waals surface area contributed by atoms with Gasteiger partial charge >= 0.3 is 0 Å². The fourth-order valence-corrected chi connectivity index (χ4v) is 7.60. The lowest BCUT2D eigenvalue weighted by atomic mass is 9.93. The van der Waals surface area contributed by atoms with E-state index in [1.807, 2.05) is 48.5 Å². The molecule has 0 spiro atoms. The van der Waals surface area contributed by atoms with E-state index in [0.717, 1.165) is 22.4 Å². The van der Waals surface area contributed by atoms with Crippen LogP contribution in [-0.4, -0.2) is 55.2 Å². The summed E-state index contributed by atoms with van der Waals surface area (Å²) in [4.78, 5) is 95.7. The van der Waals surface area contributed by atoms with Crippen LogP contribution < -0.4 is 32.7 Å². The molecule has 9 rings (SSSR count). The molecule has 16 nitrogen and oxygen atoms in total. The molecule has 0 saturated carbocycles. The second kappa shape index (κ2) is 17.3. The first-order valence-electron chi connectivity index (χ1n) is 20.1. The van der Waals surface area contributed by atoms with Crippen molar-refractivity contribution in [3.8, 4) is 22.6 Å². The summed E-state index contributed by atoms with van der Waals surface area (Å²) in [5, 5.41) is 0. The Morgan fingerprint density at radius 3 is 1.63 bits per heavy atom. The van der Waals surface area contributed by atoms with Crippen LogP contribution in [0.25, 0.3) is 22.6 Å². The molecule has 312 valence electrons.